The molecule has 0 aliphatic rings. The predicted octanol–water partition coefficient (Wildman–Crippen LogP) is 4.76. The number of aromatic amines is 1. The second kappa shape index (κ2) is 9.08. The van der Waals surface area contributed by atoms with Gasteiger partial charge < -0.3 is 10.1 Å². The van der Waals surface area contributed by atoms with Crippen LogP contribution in [0.3, 0.4) is 0 Å². The number of aromatic nitrogens is 4. The number of para-hydroxylation sites is 1. The van der Waals surface area contributed by atoms with Gasteiger partial charge in [-0.25, -0.2) is 4.68 Å². The summed E-state index contributed by atoms with van der Waals surface area (Å²) in [7, 11) is 1.69. The van der Waals surface area contributed by atoms with Crippen LogP contribution in [0.2, 0.25) is 0 Å². The van der Waals surface area contributed by atoms with Crippen LogP contribution in [-0.2, 0) is 13.0 Å². The quantitative estimate of drug-likeness (QED) is 0.353. The van der Waals surface area contributed by atoms with Crippen LogP contribution in [-0.4, -0.2) is 33.6 Å². The van der Waals surface area contributed by atoms with Crippen molar-refractivity contribution in [2.45, 2.75) is 13.0 Å². The summed E-state index contributed by atoms with van der Waals surface area (Å²) >= 11 is 0. The lowest BCUT2D eigenvalue weighted by Gasteiger charge is -2.08. The second-order valence-electron chi connectivity index (χ2n) is 7.75. The van der Waals surface area contributed by atoms with Crippen molar-refractivity contribution in [2.75, 3.05) is 13.7 Å². The molecule has 160 valence electrons. The van der Waals surface area contributed by atoms with Gasteiger partial charge in [0.15, 0.2) is 0 Å². The Balaban J connectivity index is 1.21. The number of hydrogen-bond acceptors (Lipinski definition) is 4. The van der Waals surface area contributed by atoms with Gasteiger partial charge in [0.05, 0.1) is 30.9 Å². The number of H-pyrrole nitrogens is 1. The number of nitrogens with one attached hydrogen (secondary N) is 2. The Morgan fingerprint density at radius 3 is 2.69 bits per heavy atom. The van der Waals surface area contributed by atoms with E-state index >= 15 is 0 Å². The van der Waals surface area contributed by atoms with Crippen molar-refractivity contribution in [3.8, 4) is 22.7 Å². The highest BCUT2D eigenvalue weighted by atomic mass is 16.5. The Labute approximate surface area is 186 Å². The fourth-order valence-electron chi connectivity index (χ4n) is 3.87. The number of fused-ring (bicyclic) bond motifs is 1. The van der Waals surface area contributed by atoms with Crippen molar-refractivity contribution < 1.29 is 4.74 Å². The van der Waals surface area contributed by atoms with Gasteiger partial charge in [0, 0.05) is 23.9 Å². The van der Waals surface area contributed by atoms with Crippen LogP contribution in [0.25, 0.3) is 27.7 Å². The van der Waals surface area contributed by atoms with E-state index in [0.29, 0.717) is 0 Å². The van der Waals surface area contributed by atoms with Crippen molar-refractivity contribution in [3.05, 3.63) is 96.4 Å². The smallest absolute Gasteiger partial charge is 0.119 e. The van der Waals surface area contributed by atoms with E-state index in [1.54, 1.807) is 7.11 Å². The lowest BCUT2D eigenvalue weighted by molar-refractivity contribution is 0.415. The molecule has 6 heteroatoms. The molecule has 32 heavy (non-hydrogen) atoms. The summed E-state index contributed by atoms with van der Waals surface area (Å²) < 4.78 is 7.24. The van der Waals surface area contributed by atoms with Crippen LogP contribution in [0.4, 0.5) is 0 Å². The van der Waals surface area contributed by atoms with Gasteiger partial charge in [-0.1, -0.05) is 36.4 Å². The maximum Gasteiger partial charge on any atom is 0.119 e. The SMILES string of the molecule is COc1ccc2cc(-c3[nH]ncc3CNCCc3cnn(-c4ccccc4)c3)ccc2c1. The standard InChI is InChI=1S/C26H25N5O/c1-32-25-10-9-20-13-22(8-7-21(20)14-25)26-23(17-28-30-26)16-27-12-11-19-15-29-31(18-19)24-5-3-2-4-6-24/h2-10,13-15,17-18,27H,11-12,16H2,1H3,(H,28,30). The highest BCUT2D eigenvalue weighted by Crippen LogP contribution is 2.27. The van der Waals surface area contributed by atoms with Crippen molar-refractivity contribution >= 4 is 10.8 Å². The third-order valence-corrected chi connectivity index (χ3v) is 5.62. The van der Waals surface area contributed by atoms with E-state index in [0.717, 1.165) is 53.2 Å². The topological polar surface area (TPSA) is 67.8 Å². The minimum atomic E-state index is 0.749. The average Bonchev–Trinajstić information content (AvgIpc) is 3.51. The van der Waals surface area contributed by atoms with Crippen molar-refractivity contribution in [2.24, 2.45) is 0 Å². The predicted molar refractivity (Wildman–Crippen MR) is 127 cm³/mol. The van der Waals surface area contributed by atoms with Crippen molar-refractivity contribution in [3.63, 3.8) is 0 Å². The van der Waals surface area contributed by atoms with Gasteiger partial charge in [0.1, 0.15) is 5.75 Å². The summed E-state index contributed by atoms with van der Waals surface area (Å²) in [6.45, 7) is 1.61. The first-order valence-electron chi connectivity index (χ1n) is 10.7. The number of ether oxygens (including phenoxy) is 1. The highest BCUT2D eigenvalue weighted by molar-refractivity contribution is 5.88. The number of nitrogens with zero attached hydrogens (tertiary/aromatic N) is 3. The molecule has 3 aromatic carbocycles. The first-order chi connectivity index (χ1) is 15.8. The Hall–Kier alpha value is -3.90. The van der Waals surface area contributed by atoms with Crippen molar-refractivity contribution in [1.82, 2.24) is 25.3 Å². The molecule has 0 bridgehead atoms. The Morgan fingerprint density at radius 1 is 0.969 bits per heavy atom. The van der Waals surface area contributed by atoms with Crippen LogP contribution in [0.5, 0.6) is 5.75 Å². The fourth-order valence-corrected chi connectivity index (χ4v) is 3.87. The van der Waals surface area contributed by atoms with Crippen LogP contribution in [0.1, 0.15) is 11.1 Å². The molecule has 0 amide bonds. The molecule has 0 saturated heterocycles. The van der Waals surface area contributed by atoms with E-state index in [4.69, 9.17) is 4.74 Å². The first kappa shape index (κ1) is 20.0. The van der Waals surface area contributed by atoms with E-state index in [1.165, 1.54) is 10.9 Å². The van der Waals surface area contributed by atoms with Crippen LogP contribution in [0, 0.1) is 0 Å². The molecule has 5 aromatic rings. The summed E-state index contributed by atoms with van der Waals surface area (Å²) in [6, 6.07) is 22.7. The van der Waals surface area contributed by atoms with Gasteiger partial charge in [0.2, 0.25) is 0 Å². The maximum absolute atomic E-state index is 5.32. The molecule has 0 fully saturated rings. The molecule has 0 radical (unpaired) electrons. The number of methoxy groups -OCH3 is 1. The fraction of sp³-hybridized carbons (Fsp3) is 0.154. The minimum absolute atomic E-state index is 0.749. The van der Waals surface area contributed by atoms with E-state index < -0.39 is 0 Å². The first-order valence-corrected chi connectivity index (χ1v) is 10.7. The van der Waals surface area contributed by atoms with Gasteiger partial charge in [-0.3, -0.25) is 5.10 Å². The molecule has 0 saturated carbocycles. The Morgan fingerprint density at radius 2 is 1.81 bits per heavy atom. The molecule has 2 heterocycles. The zero-order valence-electron chi connectivity index (χ0n) is 18.0. The molecule has 0 aliphatic carbocycles. The van der Waals surface area contributed by atoms with Gasteiger partial charge >= 0.3 is 0 Å². The van der Waals surface area contributed by atoms with E-state index in [9.17, 15) is 0 Å². The van der Waals surface area contributed by atoms with Crippen LogP contribution in [0.15, 0.2) is 85.3 Å². The van der Waals surface area contributed by atoms with E-state index in [1.807, 2.05) is 41.3 Å². The summed E-state index contributed by atoms with van der Waals surface area (Å²) in [5.41, 5.74) is 5.60. The molecule has 0 spiro atoms. The second-order valence-corrected chi connectivity index (χ2v) is 7.75. The third kappa shape index (κ3) is 4.26. The van der Waals surface area contributed by atoms with E-state index in [-0.39, 0.29) is 0 Å². The molecule has 5 rings (SSSR count). The highest BCUT2D eigenvalue weighted by Gasteiger charge is 2.09. The summed E-state index contributed by atoms with van der Waals surface area (Å²) in [5.74, 6) is 0.867. The largest absolute Gasteiger partial charge is 0.497 e. The van der Waals surface area contributed by atoms with Crippen LogP contribution < -0.4 is 10.1 Å². The monoisotopic (exact) mass is 423 g/mol. The summed E-state index contributed by atoms with van der Waals surface area (Å²) in [4.78, 5) is 0. The van der Waals surface area contributed by atoms with Gasteiger partial charge in [-0.2, -0.15) is 10.2 Å². The molecule has 0 aliphatic heterocycles. The van der Waals surface area contributed by atoms with Crippen LogP contribution >= 0.6 is 0 Å². The number of hydrogen-bond donors (Lipinski definition) is 2. The summed E-state index contributed by atoms with van der Waals surface area (Å²) in [5, 5.41) is 17.8. The molecular formula is C26H25N5O. The normalized spacial score (nSPS) is 11.2. The Kier molecular flexibility index (Phi) is 5.68. The lowest BCUT2D eigenvalue weighted by Crippen LogP contribution is -2.16. The molecule has 2 N–H and O–H groups in total. The molecule has 0 unspecified atom stereocenters. The Bertz CT molecular complexity index is 1320. The minimum Gasteiger partial charge on any atom is -0.497 e. The lowest BCUT2D eigenvalue weighted by atomic mass is 10.0. The molecule has 6 nitrogen and oxygen atoms in total. The van der Waals surface area contributed by atoms with Crippen molar-refractivity contribution in [1.29, 1.82) is 0 Å². The number of rotatable bonds is 8. The zero-order chi connectivity index (χ0) is 21.8. The maximum atomic E-state index is 5.32. The van der Waals surface area contributed by atoms with Gasteiger partial charge in [-0.15, -0.1) is 0 Å². The third-order valence-electron chi connectivity index (χ3n) is 5.62. The zero-order valence-corrected chi connectivity index (χ0v) is 18.0. The molecule has 2 aromatic heterocycles. The van der Waals surface area contributed by atoms with Gasteiger partial charge in [-0.05, 0) is 59.6 Å². The summed E-state index contributed by atoms with van der Waals surface area (Å²) in [6.07, 6.45) is 6.83. The average molecular weight is 424 g/mol. The molecular weight excluding hydrogens is 398 g/mol. The molecule has 0 atom stereocenters. The van der Waals surface area contributed by atoms with E-state index in [2.05, 4.69) is 69.3 Å². The number of benzene rings is 3. The van der Waals surface area contributed by atoms with Gasteiger partial charge in [0.25, 0.3) is 0 Å².